The van der Waals surface area contributed by atoms with Gasteiger partial charge in [0.05, 0.1) is 0 Å². The van der Waals surface area contributed by atoms with Gasteiger partial charge in [-0.1, -0.05) is 29.8 Å². The smallest absolute Gasteiger partial charge is 0.410 e. The molecule has 0 aromatic heterocycles. The summed E-state index contributed by atoms with van der Waals surface area (Å²) in [5.74, 6) is -0.101. The van der Waals surface area contributed by atoms with Gasteiger partial charge >= 0.3 is 6.09 Å². The lowest BCUT2D eigenvalue weighted by atomic mass is 10.1. The van der Waals surface area contributed by atoms with Crippen molar-refractivity contribution in [2.45, 2.75) is 52.2 Å². The molecule has 2 amide bonds. The van der Waals surface area contributed by atoms with Gasteiger partial charge in [-0.3, -0.25) is 4.79 Å². The molecule has 0 bridgehead atoms. The molecule has 5 nitrogen and oxygen atoms in total. The molecule has 0 radical (unpaired) electrons. The summed E-state index contributed by atoms with van der Waals surface area (Å²) in [6, 6.07) is 8.10. The monoisotopic (exact) mass is 344 g/mol. The van der Waals surface area contributed by atoms with Gasteiger partial charge in [-0.15, -0.1) is 0 Å². The molecule has 2 rings (SSSR count). The third-order valence-corrected chi connectivity index (χ3v) is 4.00. The van der Waals surface area contributed by atoms with Gasteiger partial charge in [0, 0.05) is 25.2 Å². The third-order valence-electron chi connectivity index (χ3n) is 4.00. The van der Waals surface area contributed by atoms with E-state index in [-0.39, 0.29) is 18.0 Å². The highest BCUT2D eigenvalue weighted by molar-refractivity contribution is 5.91. The zero-order chi connectivity index (χ0) is 18.4. The van der Waals surface area contributed by atoms with Gasteiger partial charge in [0.1, 0.15) is 5.60 Å². The molecule has 5 heteroatoms. The van der Waals surface area contributed by atoms with Gasteiger partial charge in [-0.25, -0.2) is 4.79 Å². The summed E-state index contributed by atoms with van der Waals surface area (Å²) in [5, 5.41) is 3.00. The summed E-state index contributed by atoms with van der Waals surface area (Å²) in [6.45, 7) is 8.81. The second-order valence-corrected chi connectivity index (χ2v) is 7.49. The van der Waals surface area contributed by atoms with Crippen molar-refractivity contribution in [2.75, 3.05) is 13.1 Å². The van der Waals surface area contributed by atoms with E-state index in [1.807, 2.05) is 58.0 Å². The van der Waals surface area contributed by atoms with E-state index in [9.17, 15) is 9.59 Å². The molecular formula is C20H28N2O3. The van der Waals surface area contributed by atoms with Crippen molar-refractivity contribution >= 4 is 18.1 Å². The standard InChI is InChI=1S/C20H28N2O3/c1-15-5-7-16(8-6-15)9-10-18(23)21-17-11-13-22(14-12-17)19(24)25-20(2,3)4/h5-10,17H,11-14H2,1-4H3,(H,21,23)/b10-9+. The number of carbonyl (C=O) groups excluding carboxylic acids is 2. The Morgan fingerprint density at radius 1 is 1.16 bits per heavy atom. The summed E-state index contributed by atoms with van der Waals surface area (Å²) in [5.41, 5.74) is 1.71. The van der Waals surface area contributed by atoms with Crippen LogP contribution in [-0.2, 0) is 9.53 Å². The lowest BCUT2D eigenvalue weighted by Gasteiger charge is -2.33. The van der Waals surface area contributed by atoms with Gasteiger partial charge in [0.25, 0.3) is 0 Å². The molecule has 136 valence electrons. The molecule has 1 aliphatic heterocycles. The zero-order valence-corrected chi connectivity index (χ0v) is 15.5. The molecule has 1 aromatic rings. The number of hydrogen-bond acceptors (Lipinski definition) is 3. The fourth-order valence-corrected chi connectivity index (χ4v) is 2.63. The van der Waals surface area contributed by atoms with E-state index in [1.54, 1.807) is 11.0 Å². The number of rotatable bonds is 3. The number of piperidine rings is 1. The molecule has 0 saturated carbocycles. The van der Waals surface area contributed by atoms with Crippen LogP contribution in [0.3, 0.4) is 0 Å². The fourth-order valence-electron chi connectivity index (χ4n) is 2.63. The molecular weight excluding hydrogens is 316 g/mol. The van der Waals surface area contributed by atoms with Crippen molar-refractivity contribution < 1.29 is 14.3 Å². The maximum atomic E-state index is 12.1. The lowest BCUT2D eigenvalue weighted by Crippen LogP contribution is -2.47. The van der Waals surface area contributed by atoms with Crippen LogP contribution >= 0.6 is 0 Å². The lowest BCUT2D eigenvalue weighted by molar-refractivity contribution is -0.117. The second kappa shape index (κ2) is 8.19. The number of nitrogens with one attached hydrogen (secondary N) is 1. The van der Waals surface area contributed by atoms with Gasteiger partial charge < -0.3 is 15.0 Å². The van der Waals surface area contributed by atoms with Crippen molar-refractivity contribution in [3.05, 3.63) is 41.5 Å². The van der Waals surface area contributed by atoms with Gasteiger partial charge in [-0.05, 0) is 52.2 Å². The number of likely N-dealkylation sites (tertiary alicyclic amines) is 1. The zero-order valence-electron chi connectivity index (χ0n) is 15.5. The highest BCUT2D eigenvalue weighted by Gasteiger charge is 2.27. The second-order valence-electron chi connectivity index (χ2n) is 7.49. The fraction of sp³-hybridized carbons (Fsp3) is 0.500. The van der Waals surface area contributed by atoms with E-state index in [4.69, 9.17) is 4.74 Å². The van der Waals surface area contributed by atoms with Crippen molar-refractivity contribution in [3.63, 3.8) is 0 Å². The average molecular weight is 344 g/mol. The van der Waals surface area contributed by atoms with Crippen LogP contribution in [0.15, 0.2) is 30.3 Å². The van der Waals surface area contributed by atoms with Crippen LogP contribution in [0.4, 0.5) is 4.79 Å². The van der Waals surface area contributed by atoms with E-state index in [1.165, 1.54) is 5.56 Å². The minimum absolute atomic E-state index is 0.0915. The Labute approximate surface area is 150 Å². The van der Waals surface area contributed by atoms with Crippen LogP contribution in [0.2, 0.25) is 0 Å². The Hall–Kier alpha value is -2.30. The molecule has 25 heavy (non-hydrogen) atoms. The van der Waals surface area contributed by atoms with Crippen LogP contribution in [0.5, 0.6) is 0 Å². The molecule has 0 spiro atoms. The maximum absolute atomic E-state index is 12.1. The first-order valence-electron chi connectivity index (χ1n) is 8.76. The normalized spacial score (nSPS) is 16.1. The number of amides is 2. The largest absolute Gasteiger partial charge is 0.444 e. The van der Waals surface area contributed by atoms with Crippen molar-refractivity contribution in [2.24, 2.45) is 0 Å². The van der Waals surface area contributed by atoms with Crippen molar-refractivity contribution in [1.29, 1.82) is 0 Å². The van der Waals surface area contributed by atoms with Crippen LogP contribution in [0.1, 0.15) is 44.7 Å². The van der Waals surface area contributed by atoms with Crippen molar-refractivity contribution in [3.8, 4) is 0 Å². The number of ether oxygens (including phenoxy) is 1. The third kappa shape index (κ3) is 6.61. The number of nitrogens with zero attached hydrogens (tertiary/aromatic N) is 1. The SMILES string of the molecule is Cc1ccc(/C=C/C(=O)NC2CCN(C(=O)OC(C)(C)C)CC2)cc1. The molecule has 1 fully saturated rings. The Kier molecular flexibility index (Phi) is 6.23. The predicted molar refractivity (Wildman–Crippen MR) is 99.2 cm³/mol. The molecule has 0 unspecified atom stereocenters. The maximum Gasteiger partial charge on any atom is 0.410 e. The molecule has 1 saturated heterocycles. The molecule has 1 aliphatic rings. The van der Waals surface area contributed by atoms with Gasteiger partial charge in [0.2, 0.25) is 5.91 Å². The predicted octanol–water partition coefficient (Wildman–Crippen LogP) is 3.52. The minimum atomic E-state index is -0.483. The number of carbonyl (C=O) groups is 2. The van der Waals surface area contributed by atoms with Crippen LogP contribution in [0.25, 0.3) is 6.08 Å². The Morgan fingerprint density at radius 3 is 2.32 bits per heavy atom. The number of aryl methyl sites for hydroxylation is 1. The highest BCUT2D eigenvalue weighted by Crippen LogP contribution is 2.15. The Balaban J connectivity index is 1.76. The Bertz CT molecular complexity index is 621. The number of hydrogen-bond donors (Lipinski definition) is 1. The average Bonchev–Trinajstić information content (AvgIpc) is 2.53. The first-order chi connectivity index (χ1) is 11.7. The summed E-state index contributed by atoms with van der Waals surface area (Å²) in [6.07, 6.45) is 4.57. The molecule has 1 N–H and O–H groups in total. The number of benzene rings is 1. The molecule has 0 aliphatic carbocycles. The minimum Gasteiger partial charge on any atom is -0.444 e. The highest BCUT2D eigenvalue weighted by atomic mass is 16.6. The van der Waals surface area contributed by atoms with E-state index in [0.29, 0.717) is 13.1 Å². The van der Waals surface area contributed by atoms with E-state index in [2.05, 4.69) is 5.32 Å². The summed E-state index contributed by atoms with van der Waals surface area (Å²) < 4.78 is 5.38. The van der Waals surface area contributed by atoms with Crippen molar-refractivity contribution in [1.82, 2.24) is 10.2 Å². The topological polar surface area (TPSA) is 58.6 Å². The first-order valence-corrected chi connectivity index (χ1v) is 8.76. The Morgan fingerprint density at radius 2 is 1.76 bits per heavy atom. The molecule has 1 aromatic carbocycles. The van der Waals surface area contributed by atoms with E-state index in [0.717, 1.165) is 18.4 Å². The van der Waals surface area contributed by atoms with E-state index < -0.39 is 5.60 Å². The van der Waals surface area contributed by atoms with E-state index >= 15 is 0 Å². The molecule has 0 atom stereocenters. The molecule has 1 heterocycles. The van der Waals surface area contributed by atoms with Gasteiger partial charge in [-0.2, -0.15) is 0 Å². The first kappa shape index (κ1) is 19.0. The van der Waals surface area contributed by atoms with Crippen LogP contribution in [-0.4, -0.2) is 41.6 Å². The quantitative estimate of drug-likeness (QED) is 0.854. The summed E-state index contributed by atoms with van der Waals surface area (Å²) in [4.78, 5) is 25.8. The van der Waals surface area contributed by atoms with Crippen LogP contribution in [0, 0.1) is 6.92 Å². The van der Waals surface area contributed by atoms with Gasteiger partial charge in [0.15, 0.2) is 0 Å². The van der Waals surface area contributed by atoms with Crippen LogP contribution < -0.4 is 5.32 Å². The summed E-state index contributed by atoms with van der Waals surface area (Å²) >= 11 is 0. The summed E-state index contributed by atoms with van der Waals surface area (Å²) in [7, 11) is 0.